The minimum absolute atomic E-state index is 0.227. The second-order valence-corrected chi connectivity index (χ2v) is 3.91. The van der Waals surface area contributed by atoms with Crippen LogP contribution in [0.5, 0.6) is 5.75 Å². The van der Waals surface area contributed by atoms with Crippen LogP contribution in [0.25, 0.3) is 0 Å². The maximum atomic E-state index is 11.3. The maximum absolute atomic E-state index is 11.3. The Morgan fingerprint density at radius 2 is 2.00 bits per heavy atom. The number of rotatable bonds is 6. The van der Waals surface area contributed by atoms with Gasteiger partial charge in [-0.1, -0.05) is 12.1 Å². The number of nitrogens with two attached hydrogens (primary N) is 1. The van der Waals surface area contributed by atoms with E-state index in [1.165, 1.54) is 0 Å². The number of ether oxygens (including phenoxy) is 2. The van der Waals surface area contributed by atoms with E-state index < -0.39 is 18.1 Å². The molecule has 1 aromatic rings. The Labute approximate surface area is 107 Å². The fraction of sp³-hybridized carbons (Fsp3) is 0.462. The Morgan fingerprint density at radius 3 is 2.50 bits per heavy atom. The molecule has 0 heterocycles. The number of esters is 1. The minimum Gasteiger partial charge on any atom is -0.497 e. The normalized spacial score (nSPS) is 13.8. The van der Waals surface area contributed by atoms with Crippen LogP contribution in [0.2, 0.25) is 0 Å². The van der Waals surface area contributed by atoms with Crippen molar-refractivity contribution in [2.75, 3.05) is 13.7 Å². The molecule has 0 fully saturated rings. The standard InChI is InChI=1S/C13H19NO4/c1-3-18-13(16)12(15)11(14)8-9-4-6-10(17-2)7-5-9/h4-7,11-12,15H,3,8,14H2,1-2H3. The van der Waals surface area contributed by atoms with Crippen LogP contribution in [0.4, 0.5) is 0 Å². The van der Waals surface area contributed by atoms with Crippen molar-refractivity contribution in [3.8, 4) is 5.75 Å². The van der Waals surface area contributed by atoms with Crippen LogP contribution in [0.3, 0.4) is 0 Å². The molecular formula is C13H19NO4. The van der Waals surface area contributed by atoms with E-state index in [2.05, 4.69) is 0 Å². The van der Waals surface area contributed by atoms with Crippen LogP contribution in [0.15, 0.2) is 24.3 Å². The molecule has 0 aliphatic carbocycles. The van der Waals surface area contributed by atoms with Crippen molar-refractivity contribution in [1.82, 2.24) is 0 Å². The van der Waals surface area contributed by atoms with Gasteiger partial charge in [-0.05, 0) is 31.0 Å². The summed E-state index contributed by atoms with van der Waals surface area (Å²) in [5, 5.41) is 9.66. The Morgan fingerprint density at radius 1 is 1.39 bits per heavy atom. The third-order valence-corrected chi connectivity index (χ3v) is 2.56. The summed E-state index contributed by atoms with van der Waals surface area (Å²) in [4.78, 5) is 11.3. The Hall–Kier alpha value is -1.59. The van der Waals surface area contributed by atoms with E-state index >= 15 is 0 Å². The van der Waals surface area contributed by atoms with Gasteiger partial charge in [0.25, 0.3) is 0 Å². The van der Waals surface area contributed by atoms with Gasteiger partial charge in [-0.2, -0.15) is 0 Å². The van der Waals surface area contributed by atoms with E-state index in [9.17, 15) is 9.90 Å². The SMILES string of the molecule is CCOC(=O)C(O)C(N)Cc1ccc(OC)cc1. The molecule has 5 heteroatoms. The van der Waals surface area contributed by atoms with Gasteiger partial charge in [0.1, 0.15) is 5.75 Å². The van der Waals surface area contributed by atoms with Gasteiger partial charge in [-0.25, -0.2) is 4.79 Å². The molecule has 1 rings (SSSR count). The second-order valence-electron chi connectivity index (χ2n) is 3.91. The zero-order valence-corrected chi connectivity index (χ0v) is 10.6. The summed E-state index contributed by atoms with van der Waals surface area (Å²) in [7, 11) is 1.59. The fourth-order valence-electron chi connectivity index (χ4n) is 1.55. The number of hydrogen-bond donors (Lipinski definition) is 2. The van der Waals surface area contributed by atoms with Crippen molar-refractivity contribution in [3.05, 3.63) is 29.8 Å². The van der Waals surface area contributed by atoms with Crippen molar-refractivity contribution in [3.63, 3.8) is 0 Å². The first kappa shape index (κ1) is 14.5. The van der Waals surface area contributed by atoms with Gasteiger partial charge >= 0.3 is 5.97 Å². The third-order valence-electron chi connectivity index (χ3n) is 2.56. The zero-order chi connectivity index (χ0) is 13.5. The Bertz CT molecular complexity index is 377. The van der Waals surface area contributed by atoms with Crippen LogP contribution < -0.4 is 10.5 Å². The van der Waals surface area contributed by atoms with Gasteiger partial charge < -0.3 is 20.3 Å². The fourth-order valence-corrected chi connectivity index (χ4v) is 1.55. The largest absolute Gasteiger partial charge is 0.497 e. The summed E-state index contributed by atoms with van der Waals surface area (Å²) < 4.78 is 9.75. The molecule has 0 radical (unpaired) electrons. The van der Waals surface area contributed by atoms with Gasteiger partial charge in [-0.15, -0.1) is 0 Å². The Balaban J connectivity index is 2.57. The molecule has 100 valence electrons. The highest BCUT2D eigenvalue weighted by atomic mass is 16.5. The van der Waals surface area contributed by atoms with Gasteiger partial charge in [0.05, 0.1) is 13.7 Å². The van der Waals surface area contributed by atoms with E-state index in [0.29, 0.717) is 6.42 Å². The van der Waals surface area contributed by atoms with Gasteiger partial charge in [-0.3, -0.25) is 0 Å². The first-order valence-corrected chi connectivity index (χ1v) is 5.81. The monoisotopic (exact) mass is 253 g/mol. The maximum Gasteiger partial charge on any atom is 0.336 e. The lowest BCUT2D eigenvalue weighted by atomic mass is 10.0. The van der Waals surface area contributed by atoms with Crippen molar-refractivity contribution < 1.29 is 19.4 Å². The number of aliphatic hydroxyl groups is 1. The molecule has 0 aliphatic rings. The molecule has 0 aliphatic heterocycles. The number of methoxy groups -OCH3 is 1. The smallest absolute Gasteiger partial charge is 0.336 e. The predicted molar refractivity (Wildman–Crippen MR) is 67.3 cm³/mol. The number of aliphatic hydroxyl groups excluding tert-OH is 1. The molecule has 3 N–H and O–H groups in total. The summed E-state index contributed by atoms with van der Waals surface area (Å²) in [5.74, 6) is 0.0665. The van der Waals surface area contributed by atoms with Crippen molar-refractivity contribution in [2.45, 2.75) is 25.5 Å². The van der Waals surface area contributed by atoms with Gasteiger partial charge in [0.2, 0.25) is 0 Å². The van der Waals surface area contributed by atoms with E-state index in [-0.39, 0.29) is 6.61 Å². The lowest BCUT2D eigenvalue weighted by molar-refractivity contribution is -0.154. The molecule has 0 saturated heterocycles. The lowest BCUT2D eigenvalue weighted by Crippen LogP contribution is -2.42. The molecule has 0 spiro atoms. The third kappa shape index (κ3) is 4.01. The van der Waals surface area contributed by atoms with E-state index in [0.717, 1.165) is 11.3 Å². The van der Waals surface area contributed by atoms with Crippen molar-refractivity contribution in [2.24, 2.45) is 5.73 Å². The average Bonchev–Trinajstić information content (AvgIpc) is 2.39. The van der Waals surface area contributed by atoms with Crippen LogP contribution >= 0.6 is 0 Å². The lowest BCUT2D eigenvalue weighted by Gasteiger charge is -2.17. The molecule has 0 bridgehead atoms. The average molecular weight is 253 g/mol. The minimum atomic E-state index is -1.30. The van der Waals surface area contributed by atoms with Gasteiger partial charge in [0.15, 0.2) is 6.10 Å². The zero-order valence-electron chi connectivity index (χ0n) is 10.6. The van der Waals surface area contributed by atoms with Crippen LogP contribution in [0, 0.1) is 0 Å². The van der Waals surface area contributed by atoms with Crippen LogP contribution in [0.1, 0.15) is 12.5 Å². The first-order valence-electron chi connectivity index (χ1n) is 5.81. The highest BCUT2D eigenvalue weighted by Crippen LogP contribution is 2.13. The predicted octanol–water partition coefficient (Wildman–Crippen LogP) is 0.489. The van der Waals surface area contributed by atoms with Crippen LogP contribution in [-0.4, -0.2) is 36.9 Å². The summed E-state index contributed by atoms with van der Waals surface area (Å²) in [6.45, 7) is 1.91. The van der Waals surface area contributed by atoms with Crippen molar-refractivity contribution >= 4 is 5.97 Å². The molecule has 18 heavy (non-hydrogen) atoms. The van der Waals surface area contributed by atoms with Crippen molar-refractivity contribution in [1.29, 1.82) is 0 Å². The highest BCUT2D eigenvalue weighted by molar-refractivity contribution is 5.75. The van der Waals surface area contributed by atoms with E-state index in [1.807, 2.05) is 12.1 Å². The molecule has 0 aromatic heterocycles. The number of carbonyl (C=O) groups excluding carboxylic acids is 1. The number of carbonyl (C=O) groups is 1. The first-order chi connectivity index (χ1) is 8.58. The van der Waals surface area contributed by atoms with E-state index in [1.54, 1.807) is 26.2 Å². The van der Waals surface area contributed by atoms with Crippen LogP contribution in [-0.2, 0) is 16.0 Å². The van der Waals surface area contributed by atoms with Gasteiger partial charge in [0, 0.05) is 6.04 Å². The molecule has 5 nitrogen and oxygen atoms in total. The summed E-state index contributed by atoms with van der Waals surface area (Å²) in [5.41, 5.74) is 6.69. The summed E-state index contributed by atoms with van der Waals surface area (Å²) in [6, 6.07) is 6.61. The summed E-state index contributed by atoms with van der Waals surface area (Å²) >= 11 is 0. The summed E-state index contributed by atoms with van der Waals surface area (Å²) in [6.07, 6.45) is -0.906. The molecule has 0 saturated carbocycles. The van der Waals surface area contributed by atoms with E-state index in [4.69, 9.17) is 15.2 Å². The number of hydrogen-bond acceptors (Lipinski definition) is 5. The molecule has 0 amide bonds. The quantitative estimate of drug-likeness (QED) is 0.721. The molecule has 2 unspecified atom stereocenters. The topological polar surface area (TPSA) is 81.8 Å². The highest BCUT2D eigenvalue weighted by Gasteiger charge is 2.24. The molecular weight excluding hydrogens is 234 g/mol. The molecule has 2 atom stereocenters. The molecule has 1 aromatic carbocycles. The number of benzene rings is 1. The Kier molecular flexibility index (Phi) is 5.61. The second kappa shape index (κ2) is 6.98.